The van der Waals surface area contributed by atoms with Gasteiger partial charge in [-0.05, 0) is 66.1 Å². The topological polar surface area (TPSA) is 96.0 Å². The van der Waals surface area contributed by atoms with Crippen molar-refractivity contribution in [1.29, 1.82) is 0 Å². The Morgan fingerprint density at radius 2 is 1.50 bits per heavy atom. The van der Waals surface area contributed by atoms with Crippen molar-refractivity contribution in [3.63, 3.8) is 0 Å². The van der Waals surface area contributed by atoms with Crippen LogP contribution in [0.1, 0.15) is 30.9 Å². The smallest absolute Gasteiger partial charge is 0.264 e. The van der Waals surface area contributed by atoms with Gasteiger partial charge in [0.2, 0.25) is 11.8 Å². The third-order valence-corrected chi connectivity index (χ3v) is 9.94. The van der Waals surface area contributed by atoms with Gasteiger partial charge in [0.05, 0.1) is 27.7 Å². The van der Waals surface area contributed by atoms with Gasteiger partial charge in [-0.25, -0.2) is 8.42 Å². The highest BCUT2D eigenvalue weighted by molar-refractivity contribution is 7.92. The molecule has 1 atom stereocenters. The lowest BCUT2D eigenvalue weighted by Gasteiger charge is -2.34. The van der Waals surface area contributed by atoms with Crippen molar-refractivity contribution in [1.82, 2.24) is 10.2 Å². The highest BCUT2D eigenvalue weighted by Gasteiger charge is 2.34. The molecule has 4 aromatic carbocycles. The average molecular weight is 683 g/mol. The summed E-state index contributed by atoms with van der Waals surface area (Å²) in [6.07, 6.45) is 1.86. The molecule has 46 heavy (non-hydrogen) atoms. The highest BCUT2D eigenvalue weighted by Crippen LogP contribution is 2.28. The number of hydrogen-bond donors (Lipinski definition) is 1. The predicted molar refractivity (Wildman–Crippen MR) is 183 cm³/mol. The van der Waals surface area contributed by atoms with Crippen molar-refractivity contribution in [3.8, 4) is 5.75 Å². The number of benzene rings is 4. The van der Waals surface area contributed by atoms with Gasteiger partial charge in [-0.3, -0.25) is 13.9 Å². The van der Waals surface area contributed by atoms with Crippen molar-refractivity contribution in [3.05, 3.63) is 124 Å². The van der Waals surface area contributed by atoms with E-state index in [4.69, 9.17) is 27.9 Å². The Kier molecular flexibility index (Phi) is 12.5. The number of carbonyl (C=O) groups excluding carboxylic acids is 2. The van der Waals surface area contributed by atoms with Crippen LogP contribution in [0.2, 0.25) is 10.0 Å². The number of amides is 2. The monoisotopic (exact) mass is 681 g/mol. The first-order chi connectivity index (χ1) is 22.1. The minimum absolute atomic E-state index is 0.0176. The number of anilines is 1. The number of nitrogens with one attached hydrogen (secondary N) is 1. The van der Waals surface area contributed by atoms with E-state index in [-0.39, 0.29) is 29.5 Å². The molecule has 0 bridgehead atoms. The standard InChI is InChI=1S/C35H37Cl2N3O5S/c1-3-4-21-38-35(42)33(23-26-11-7-5-8-12-26)39(24-27-15-20-31(36)32(37)22-27)34(41)25-40(28-16-18-29(45-2)19-17-28)46(43,44)30-13-9-6-10-14-30/h5-20,22,33H,3-4,21,23-25H2,1-2H3,(H,38,42)/t33-/m1/s1. The van der Waals surface area contributed by atoms with E-state index in [1.54, 1.807) is 60.7 Å². The summed E-state index contributed by atoms with van der Waals surface area (Å²) in [7, 11) is -2.69. The lowest BCUT2D eigenvalue weighted by atomic mass is 10.0. The van der Waals surface area contributed by atoms with E-state index in [0.717, 1.165) is 22.7 Å². The number of unbranched alkanes of at least 4 members (excludes halogenated alkanes) is 1. The third-order valence-electron chi connectivity index (χ3n) is 7.41. The maximum Gasteiger partial charge on any atom is 0.264 e. The fourth-order valence-corrected chi connectivity index (χ4v) is 6.65. The van der Waals surface area contributed by atoms with Gasteiger partial charge in [0.1, 0.15) is 18.3 Å². The van der Waals surface area contributed by atoms with E-state index in [9.17, 15) is 18.0 Å². The lowest BCUT2D eigenvalue weighted by Crippen LogP contribution is -2.53. The van der Waals surface area contributed by atoms with Crippen LogP contribution in [0.25, 0.3) is 0 Å². The van der Waals surface area contributed by atoms with Gasteiger partial charge in [-0.15, -0.1) is 0 Å². The molecule has 4 rings (SSSR count). The van der Waals surface area contributed by atoms with Gasteiger partial charge in [0.15, 0.2) is 0 Å². The zero-order valence-electron chi connectivity index (χ0n) is 25.7. The van der Waals surface area contributed by atoms with Crippen LogP contribution in [0.15, 0.2) is 108 Å². The summed E-state index contributed by atoms with van der Waals surface area (Å²) < 4.78 is 34.5. The van der Waals surface area contributed by atoms with E-state index in [2.05, 4.69) is 5.32 Å². The largest absolute Gasteiger partial charge is 0.497 e. The molecule has 2 amide bonds. The summed E-state index contributed by atoms with van der Waals surface area (Å²) in [6.45, 7) is 1.87. The summed E-state index contributed by atoms with van der Waals surface area (Å²) in [4.78, 5) is 29.8. The molecule has 0 aliphatic rings. The number of carbonyl (C=O) groups is 2. The first-order valence-corrected chi connectivity index (χ1v) is 17.1. The molecule has 0 heterocycles. The molecular weight excluding hydrogens is 645 g/mol. The second kappa shape index (κ2) is 16.5. The molecule has 0 fully saturated rings. The van der Waals surface area contributed by atoms with Crippen LogP contribution in [-0.4, -0.2) is 51.4 Å². The van der Waals surface area contributed by atoms with Crippen molar-refractivity contribution >= 4 is 50.7 Å². The number of halogens is 2. The molecule has 0 saturated heterocycles. The first-order valence-electron chi connectivity index (χ1n) is 14.9. The molecule has 0 spiro atoms. The molecule has 4 aromatic rings. The van der Waals surface area contributed by atoms with E-state index in [1.807, 2.05) is 37.3 Å². The molecule has 11 heteroatoms. The number of methoxy groups -OCH3 is 1. The summed E-state index contributed by atoms with van der Waals surface area (Å²) in [5.74, 6) is -0.388. The zero-order valence-corrected chi connectivity index (χ0v) is 28.1. The molecule has 0 radical (unpaired) electrons. The number of sulfonamides is 1. The minimum Gasteiger partial charge on any atom is -0.497 e. The second-order valence-electron chi connectivity index (χ2n) is 10.6. The van der Waals surface area contributed by atoms with Crippen molar-refractivity contribution in [2.75, 3.05) is 24.5 Å². The normalized spacial score (nSPS) is 11.8. The maximum atomic E-state index is 14.5. The SMILES string of the molecule is CCCCNC(=O)[C@@H](Cc1ccccc1)N(Cc1ccc(Cl)c(Cl)c1)C(=O)CN(c1ccc(OC)cc1)S(=O)(=O)c1ccccc1. The average Bonchev–Trinajstić information content (AvgIpc) is 3.07. The highest BCUT2D eigenvalue weighted by atomic mass is 35.5. The Bertz CT molecular complexity index is 1710. The molecule has 0 aliphatic carbocycles. The summed E-state index contributed by atoms with van der Waals surface area (Å²) in [5.41, 5.74) is 1.73. The lowest BCUT2D eigenvalue weighted by molar-refractivity contribution is -0.140. The van der Waals surface area contributed by atoms with Crippen LogP contribution < -0.4 is 14.4 Å². The van der Waals surface area contributed by atoms with E-state index >= 15 is 0 Å². The fourth-order valence-electron chi connectivity index (χ4n) is 4.89. The van der Waals surface area contributed by atoms with Crippen LogP contribution >= 0.6 is 23.2 Å². The second-order valence-corrected chi connectivity index (χ2v) is 13.3. The number of nitrogens with zero attached hydrogens (tertiary/aromatic N) is 2. The Labute approximate surface area is 280 Å². The Balaban J connectivity index is 1.79. The Hall–Kier alpha value is -4.05. The van der Waals surface area contributed by atoms with Crippen LogP contribution in [0.3, 0.4) is 0 Å². The summed E-state index contributed by atoms with van der Waals surface area (Å²) in [6, 6.07) is 27.7. The third kappa shape index (κ3) is 9.02. The molecule has 0 unspecified atom stereocenters. The Morgan fingerprint density at radius 1 is 0.848 bits per heavy atom. The number of ether oxygens (including phenoxy) is 1. The van der Waals surface area contributed by atoms with Gasteiger partial charge < -0.3 is 15.0 Å². The van der Waals surface area contributed by atoms with Crippen LogP contribution in [0.5, 0.6) is 5.75 Å². The molecule has 1 N–H and O–H groups in total. The molecule has 0 aromatic heterocycles. The van der Waals surface area contributed by atoms with Gasteiger partial charge in [0, 0.05) is 19.5 Å². The van der Waals surface area contributed by atoms with E-state index < -0.39 is 28.5 Å². The Morgan fingerprint density at radius 3 is 2.11 bits per heavy atom. The quantitative estimate of drug-likeness (QED) is 0.140. The van der Waals surface area contributed by atoms with Crippen molar-refractivity contribution < 1.29 is 22.7 Å². The van der Waals surface area contributed by atoms with Crippen molar-refractivity contribution in [2.45, 2.75) is 43.7 Å². The number of hydrogen-bond acceptors (Lipinski definition) is 5. The van der Waals surface area contributed by atoms with Crippen molar-refractivity contribution in [2.24, 2.45) is 0 Å². The van der Waals surface area contributed by atoms with E-state index in [0.29, 0.717) is 27.9 Å². The molecule has 8 nitrogen and oxygen atoms in total. The zero-order chi connectivity index (χ0) is 33.1. The molecule has 242 valence electrons. The molecule has 0 saturated carbocycles. The first kappa shape index (κ1) is 34.8. The number of rotatable bonds is 15. The molecule has 0 aliphatic heterocycles. The van der Waals surface area contributed by atoms with Crippen LogP contribution in [0.4, 0.5) is 5.69 Å². The summed E-state index contributed by atoms with van der Waals surface area (Å²) >= 11 is 12.5. The predicted octanol–water partition coefficient (Wildman–Crippen LogP) is 6.75. The van der Waals surface area contributed by atoms with E-state index in [1.165, 1.54) is 24.1 Å². The van der Waals surface area contributed by atoms with Gasteiger partial charge in [-0.1, -0.05) is 91.1 Å². The van der Waals surface area contributed by atoms with Gasteiger partial charge in [0.25, 0.3) is 10.0 Å². The molecular formula is C35H37Cl2N3O5S. The van der Waals surface area contributed by atoms with Crippen LogP contribution in [-0.2, 0) is 32.6 Å². The minimum atomic E-state index is -4.20. The fraction of sp³-hybridized carbons (Fsp3) is 0.257. The summed E-state index contributed by atoms with van der Waals surface area (Å²) in [5, 5.41) is 3.62. The maximum absolute atomic E-state index is 14.5. The van der Waals surface area contributed by atoms with Gasteiger partial charge >= 0.3 is 0 Å². The van der Waals surface area contributed by atoms with Crippen LogP contribution in [0, 0.1) is 0 Å². The van der Waals surface area contributed by atoms with Gasteiger partial charge in [-0.2, -0.15) is 0 Å².